The summed E-state index contributed by atoms with van der Waals surface area (Å²) in [6.07, 6.45) is 2.19. The lowest BCUT2D eigenvalue weighted by molar-refractivity contribution is 0.120. The van der Waals surface area contributed by atoms with E-state index in [9.17, 15) is 0 Å². The number of hydrogen-bond acceptors (Lipinski definition) is 5. The van der Waals surface area contributed by atoms with Crippen molar-refractivity contribution in [1.82, 2.24) is 0 Å². The number of hydrogen-bond donors (Lipinski definition) is 2. The van der Waals surface area contributed by atoms with Gasteiger partial charge < -0.3 is 23.5 Å². The van der Waals surface area contributed by atoms with Crippen molar-refractivity contribution in [3.63, 3.8) is 0 Å². The lowest BCUT2D eigenvalue weighted by Gasteiger charge is -2.23. The summed E-state index contributed by atoms with van der Waals surface area (Å²) in [5.41, 5.74) is -0.213. The third-order valence-electron chi connectivity index (χ3n) is 1.92. The van der Waals surface area contributed by atoms with Gasteiger partial charge in [0.2, 0.25) is 0 Å². The summed E-state index contributed by atoms with van der Waals surface area (Å²) in [6, 6.07) is 0.660. The smallest absolute Gasteiger partial charge is 0.396 e. The second-order valence-corrected chi connectivity index (χ2v) is 7.37. The van der Waals surface area contributed by atoms with Gasteiger partial charge in [0.1, 0.15) is 0 Å². The Kier molecular flexibility index (Phi) is 13.1. The fraction of sp³-hybridized carbons (Fsp3) is 0.778. The molecule has 0 aromatic rings. The molecule has 1 unspecified atom stereocenters. The van der Waals surface area contributed by atoms with Crippen LogP contribution < -0.4 is 0 Å². The minimum Gasteiger partial charge on any atom is -0.396 e. The van der Waals surface area contributed by atoms with Crippen LogP contribution in [0.2, 0.25) is 6.04 Å². The summed E-state index contributed by atoms with van der Waals surface area (Å²) in [6.45, 7) is 3.49. The van der Waals surface area contributed by atoms with Crippen LogP contribution in [0.5, 0.6) is 0 Å². The van der Waals surface area contributed by atoms with E-state index in [4.69, 9.17) is 23.5 Å². The lowest BCUT2D eigenvalue weighted by Crippen LogP contribution is -2.42. The summed E-state index contributed by atoms with van der Waals surface area (Å²) in [5.74, 6) is 0. The van der Waals surface area contributed by atoms with Crippen molar-refractivity contribution in [2.75, 3.05) is 27.9 Å². The van der Waals surface area contributed by atoms with Crippen LogP contribution in [0.4, 0.5) is 0 Å². The normalized spacial score (nSPS) is 12.8. The van der Waals surface area contributed by atoms with Gasteiger partial charge in [0.15, 0.2) is 0 Å². The van der Waals surface area contributed by atoms with Gasteiger partial charge in [0.05, 0.1) is 5.73 Å². The van der Waals surface area contributed by atoms with Gasteiger partial charge in [0, 0.05) is 44.2 Å². The zero-order valence-electron chi connectivity index (χ0n) is 10.6. The SMILES string of the molecule is C=CC(O)[SiH3].CO[Si](CCCO)(OC)OC. The summed E-state index contributed by atoms with van der Waals surface area (Å²) in [5, 5.41) is 16.9. The molecule has 0 rings (SSSR count). The average molecular weight is 268 g/mol. The van der Waals surface area contributed by atoms with Crippen LogP contribution in [0, 0.1) is 0 Å². The topological polar surface area (TPSA) is 68.2 Å². The fourth-order valence-corrected chi connectivity index (χ4v) is 2.56. The molecule has 0 bridgehead atoms. The predicted octanol–water partition coefficient (Wildman–Crippen LogP) is -0.897. The monoisotopic (exact) mass is 268 g/mol. The first kappa shape index (κ1) is 18.3. The van der Waals surface area contributed by atoms with Crippen LogP contribution >= 0.6 is 0 Å². The molecule has 7 heteroatoms. The van der Waals surface area contributed by atoms with Crippen molar-refractivity contribution < 1.29 is 23.5 Å². The molecule has 0 aliphatic rings. The Morgan fingerprint density at radius 1 is 1.31 bits per heavy atom. The Labute approximate surface area is 102 Å². The van der Waals surface area contributed by atoms with E-state index in [-0.39, 0.29) is 12.3 Å². The Morgan fingerprint density at radius 3 is 1.88 bits per heavy atom. The zero-order chi connectivity index (χ0) is 13.0. The van der Waals surface area contributed by atoms with E-state index in [1.807, 2.05) is 0 Å². The molecule has 16 heavy (non-hydrogen) atoms. The minimum absolute atomic E-state index is 0.144. The van der Waals surface area contributed by atoms with Gasteiger partial charge >= 0.3 is 8.80 Å². The molecule has 0 aliphatic carbocycles. The maximum atomic E-state index is 8.57. The molecular weight excluding hydrogens is 244 g/mol. The standard InChI is InChI=1S/C6H16O4Si.C3H8OSi/c1-8-11(9-2,10-3)6-4-5-7;1-2-3(4)5/h7H,4-6H2,1-3H3;2-4H,1H2,5H3. The summed E-state index contributed by atoms with van der Waals surface area (Å²) < 4.78 is 15.4. The Morgan fingerprint density at radius 2 is 1.69 bits per heavy atom. The van der Waals surface area contributed by atoms with Crippen molar-refractivity contribution in [2.45, 2.75) is 18.2 Å². The molecule has 0 aromatic heterocycles. The summed E-state index contributed by atoms with van der Waals surface area (Å²) in [7, 11) is 3.11. The highest BCUT2D eigenvalue weighted by molar-refractivity contribution is 6.60. The molecule has 0 saturated heterocycles. The largest absolute Gasteiger partial charge is 0.500 e. The van der Waals surface area contributed by atoms with E-state index in [0.29, 0.717) is 12.5 Å². The molecule has 0 saturated carbocycles. The van der Waals surface area contributed by atoms with E-state index in [2.05, 4.69) is 6.58 Å². The molecule has 0 aromatic carbocycles. The highest BCUT2D eigenvalue weighted by atomic mass is 28.4. The average Bonchev–Trinajstić information content (AvgIpc) is 2.32. The van der Waals surface area contributed by atoms with Crippen LogP contribution in [0.1, 0.15) is 6.42 Å². The molecule has 2 N–H and O–H groups in total. The van der Waals surface area contributed by atoms with Crippen molar-refractivity contribution in [3.05, 3.63) is 12.7 Å². The van der Waals surface area contributed by atoms with Gasteiger partial charge in [-0.1, -0.05) is 6.08 Å². The Hall–Kier alpha value is -0.0262. The summed E-state index contributed by atoms with van der Waals surface area (Å²) >= 11 is 0. The van der Waals surface area contributed by atoms with Crippen molar-refractivity contribution in [1.29, 1.82) is 0 Å². The fourth-order valence-electron chi connectivity index (χ4n) is 0.852. The first-order valence-electron chi connectivity index (χ1n) is 5.08. The lowest BCUT2D eigenvalue weighted by atomic mass is 10.5. The van der Waals surface area contributed by atoms with Gasteiger partial charge in [-0.15, -0.1) is 6.58 Å². The Balaban J connectivity index is 0. The molecule has 0 aliphatic heterocycles. The second-order valence-electron chi connectivity index (χ2n) is 3.10. The molecule has 0 fully saturated rings. The highest BCUT2D eigenvalue weighted by Gasteiger charge is 2.36. The third-order valence-corrected chi connectivity index (χ3v) is 5.22. The van der Waals surface area contributed by atoms with E-state index in [0.717, 1.165) is 10.2 Å². The molecule has 98 valence electrons. The van der Waals surface area contributed by atoms with Gasteiger partial charge in [-0.05, 0) is 6.42 Å². The number of rotatable bonds is 7. The first-order chi connectivity index (χ1) is 7.51. The van der Waals surface area contributed by atoms with Crippen LogP contribution in [-0.4, -0.2) is 62.9 Å². The van der Waals surface area contributed by atoms with Crippen LogP contribution in [0.15, 0.2) is 12.7 Å². The predicted molar refractivity (Wildman–Crippen MR) is 69.4 cm³/mol. The van der Waals surface area contributed by atoms with Crippen LogP contribution in [0.25, 0.3) is 0 Å². The Bertz CT molecular complexity index is 154. The molecule has 0 radical (unpaired) electrons. The van der Waals surface area contributed by atoms with Gasteiger partial charge in [0.25, 0.3) is 0 Å². The highest BCUT2D eigenvalue weighted by Crippen LogP contribution is 2.13. The molecule has 0 heterocycles. The number of aliphatic hydroxyl groups excluding tert-OH is 2. The summed E-state index contributed by atoms with van der Waals surface area (Å²) in [4.78, 5) is 0. The maximum absolute atomic E-state index is 8.57. The van der Waals surface area contributed by atoms with Crippen molar-refractivity contribution in [3.8, 4) is 0 Å². The quantitative estimate of drug-likeness (QED) is 0.463. The van der Waals surface area contributed by atoms with Crippen LogP contribution in [-0.2, 0) is 13.3 Å². The first-order valence-corrected chi connectivity index (χ1v) is 8.17. The molecule has 0 spiro atoms. The van der Waals surface area contributed by atoms with E-state index >= 15 is 0 Å². The maximum Gasteiger partial charge on any atom is 0.500 e. The van der Waals surface area contributed by atoms with E-state index in [1.54, 1.807) is 21.3 Å². The zero-order valence-corrected chi connectivity index (χ0v) is 13.6. The van der Waals surface area contributed by atoms with Crippen molar-refractivity contribution in [2.24, 2.45) is 0 Å². The molecular formula is C9H24O5Si2. The van der Waals surface area contributed by atoms with E-state index in [1.165, 1.54) is 6.08 Å². The molecule has 0 amide bonds. The second kappa shape index (κ2) is 11.5. The third kappa shape index (κ3) is 9.22. The van der Waals surface area contributed by atoms with Gasteiger partial charge in [-0.3, -0.25) is 0 Å². The minimum atomic E-state index is -2.40. The van der Waals surface area contributed by atoms with Crippen LogP contribution in [0.3, 0.4) is 0 Å². The number of aliphatic hydroxyl groups is 2. The van der Waals surface area contributed by atoms with Gasteiger partial charge in [-0.25, -0.2) is 0 Å². The van der Waals surface area contributed by atoms with Crippen molar-refractivity contribution >= 4 is 19.0 Å². The van der Waals surface area contributed by atoms with Gasteiger partial charge in [-0.2, -0.15) is 0 Å². The molecule has 1 atom stereocenters. The van der Waals surface area contributed by atoms with E-state index < -0.39 is 8.80 Å². The molecule has 5 nitrogen and oxygen atoms in total.